The topological polar surface area (TPSA) is 75.6 Å². The minimum absolute atomic E-state index is 0.0402. The summed E-state index contributed by atoms with van der Waals surface area (Å²) in [5.41, 5.74) is 2.08. The summed E-state index contributed by atoms with van der Waals surface area (Å²) in [6.07, 6.45) is 3.45. The standard InChI is InChI=1S/C18H23NO4/c1-17(2,3)23-16(22)19-14-10-18(14)8-4-5-11-9-12(15(20)21)6-7-13(11)18/h6-7,9,14H,4-5,8,10H2,1-3H3,(H,19,22)(H,20,21). The van der Waals surface area contributed by atoms with Crippen LogP contribution >= 0.6 is 0 Å². The molecule has 0 bridgehead atoms. The smallest absolute Gasteiger partial charge is 0.407 e. The monoisotopic (exact) mass is 317 g/mol. The van der Waals surface area contributed by atoms with E-state index in [2.05, 4.69) is 5.32 Å². The van der Waals surface area contributed by atoms with Gasteiger partial charge in [0.1, 0.15) is 5.60 Å². The molecule has 124 valence electrons. The molecule has 0 radical (unpaired) electrons. The quantitative estimate of drug-likeness (QED) is 0.878. The minimum Gasteiger partial charge on any atom is -0.478 e. The second-order valence-electron chi connectivity index (χ2n) is 7.59. The first kappa shape index (κ1) is 15.8. The van der Waals surface area contributed by atoms with Gasteiger partial charge in [-0.3, -0.25) is 0 Å². The molecular formula is C18H23NO4. The highest BCUT2D eigenvalue weighted by atomic mass is 16.6. The molecule has 1 aromatic carbocycles. The van der Waals surface area contributed by atoms with Crippen LogP contribution in [0.25, 0.3) is 0 Å². The Morgan fingerprint density at radius 1 is 1.35 bits per heavy atom. The summed E-state index contributed by atoms with van der Waals surface area (Å²) >= 11 is 0. The third kappa shape index (κ3) is 3.05. The van der Waals surface area contributed by atoms with Gasteiger partial charge in [-0.15, -0.1) is 0 Å². The number of rotatable bonds is 2. The van der Waals surface area contributed by atoms with E-state index in [4.69, 9.17) is 9.84 Å². The maximum absolute atomic E-state index is 12.0. The number of carboxylic acids is 1. The lowest BCUT2D eigenvalue weighted by Crippen LogP contribution is -2.37. The van der Waals surface area contributed by atoms with Crippen LogP contribution < -0.4 is 5.32 Å². The predicted molar refractivity (Wildman–Crippen MR) is 85.8 cm³/mol. The Labute approximate surface area is 136 Å². The molecule has 1 amide bonds. The van der Waals surface area contributed by atoms with Crippen LogP contribution in [0.15, 0.2) is 18.2 Å². The van der Waals surface area contributed by atoms with Gasteiger partial charge in [0.25, 0.3) is 0 Å². The number of aromatic carboxylic acids is 1. The number of benzene rings is 1. The molecule has 2 aliphatic carbocycles. The number of nitrogens with one attached hydrogen (secondary N) is 1. The number of carboxylic acid groups (broad SMARTS) is 1. The number of ether oxygens (including phenoxy) is 1. The summed E-state index contributed by atoms with van der Waals surface area (Å²) in [5, 5.41) is 12.1. The van der Waals surface area contributed by atoms with Crippen LogP contribution in [0, 0.1) is 0 Å². The van der Waals surface area contributed by atoms with Crippen molar-refractivity contribution < 1.29 is 19.4 Å². The highest BCUT2D eigenvalue weighted by molar-refractivity contribution is 5.88. The van der Waals surface area contributed by atoms with Gasteiger partial charge >= 0.3 is 12.1 Å². The van der Waals surface area contributed by atoms with Crippen molar-refractivity contribution >= 4 is 12.1 Å². The number of aryl methyl sites for hydroxylation is 1. The molecule has 5 nitrogen and oxygen atoms in total. The van der Waals surface area contributed by atoms with Gasteiger partial charge in [-0.25, -0.2) is 9.59 Å². The average molecular weight is 317 g/mol. The molecule has 2 atom stereocenters. The minimum atomic E-state index is -0.897. The highest BCUT2D eigenvalue weighted by Gasteiger charge is 2.57. The van der Waals surface area contributed by atoms with Crippen LogP contribution in [-0.2, 0) is 16.6 Å². The van der Waals surface area contributed by atoms with Gasteiger partial charge in [-0.05, 0) is 69.7 Å². The van der Waals surface area contributed by atoms with Gasteiger partial charge in [0.15, 0.2) is 0 Å². The molecule has 2 unspecified atom stereocenters. The summed E-state index contributed by atoms with van der Waals surface area (Å²) in [4.78, 5) is 23.1. The molecule has 3 rings (SSSR count). The molecule has 0 aliphatic heterocycles. The van der Waals surface area contributed by atoms with Crippen LogP contribution in [0.5, 0.6) is 0 Å². The molecule has 1 fully saturated rings. The van der Waals surface area contributed by atoms with Gasteiger partial charge in [0.2, 0.25) is 0 Å². The van der Waals surface area contributed by atoms with Crippen molar-refractivity contribution in [1.29, 1.82) is 0 Å². The van der Waals surface area contributed by atoms with Gasteiger partial charge < -0.3 is 15.2 Å². The molecule has 2 N–H and O–H groups in total. The van der Waals surface area contributed by atoms with E-state index < -0.39 is 11.6 Å². The van der Waals surface area contributed by atoms with E-state index >= 15 is 0 Å². The van der Waals surface area contributed by atoms with Crippen molar-refractivity contribution in [3.8, 4) is 0 Å². The van der Waals surface area contributed by atoms with E-state index in [-0.39, 0.29) is 17.6 Å². The molecule has 23 heavy (non-hydrogen) atoms. The molecule has 1 saturated carbocycles. The van der Waals surface area contributed by atoms with Crippen molar-refractivity contribution in [3.63, 3.8) is 0 Å². The number of hydrogen-bond acceptors (Lipinski definition) is 3. The zero-order valence-electron chi connectivity index (χ0n) is 13.8. The van der Waals surface area contributed by atoms with E-state index in [0.717, 1.165) is 31.2 Å². The summed E-state index contributed by atoms with van der Waals surface area (Å²) in [5.74, 6) is -0.897. The number of carbonyl (C=O) groups excluding carboxylic acids is 1. The maximum Gasteiger partial charge on any atom is 0.407 e. The zero-order valence-corrected chi connectivity index (χ0v) is 13.8. The Kier molecular flexibility index (Phi) is 3.62. The lowest BCUT2D eigenvalue weighted by Gasteiger charge is -2.27. The van der Waals surface area contributed by atoms with Crippen molar-refractivity contribution in [1.82, 2.24) is 5.32 Å². The van der Waals surface area contributed by atoms with Crippen molar-refractivity contribution in [2.75, 3.05) is 0 Å². The van der Waals surface area contributed by atoms with Crippen molar-refractivity contribution in [2.24, 2.45) is 0 Å². The summed E-state index contributed by atoms with van der Waals surface area (Å²) in [6, 6.07) is 5.44. The number of hydrogen-bond donors (Lipinski definition) is 2. The van der Waals surface area contributed by atoms with Crippen LogP contribution in [0.3, 0.4) is 0 Å². The van der Waals surface area contributed by atoms with Gasteiger partial charge in [0, 0.05) is 11.5 Å². The SMILES string of the molecule is CC(C)(C)OC(=O)NC1CC12CCCc1cc(C(=O)O)ccc12. The fourth-order valence-corrected chi connectivity index (χ4v) is 3.67. The summed E-state index contributed by atoms with van der Waals surface area (Å²) in [6.45, 7) is 5.54. The van der Waals surface area contributed by atoms with Crippen molar-refractivity contribution in [3.05, 3.63) is 34.9 Å². The molecule has 0 saturated heterocycles. The Balaban J connectivity index is 1.77. The molecule has 2 aliphatic rings. The highest BCUT2D eigenvalue weighted by Crippen LogP contribution is 2.55. The van der Waals surface area contributed by atoms with Crippen LogP contribution in [0.2, 0.25) is 0 Å². The molecule has 1 spiro atoms. The lowest BCUT2D eigenvalue weighted by molar-refractivity contribution is 0.0518. The fraction of sp³-hybridized carbons (Fsp3) is 0.556. The maximum atomic E-state index is 12.0. The molecule has 1 aromatic rings. The molecular weight excluding hydrogens is 294 g/mol. The molecule has 5 heteroatoms. The normalized spacial score (nSPS) is 25.6. The first-order valence-electron chi connectivity index (χ1n) is 8.07. The van der Waals surface area contributed by atoms with E-state index in [1.54, 1.807) is 12.1 Å². The second kappa shape index (κ2) is 5.25. The molecule has 0 aromatic heterocycles. The van der Waals surface area contributed by atoms with Crippen LogP contribution in [-0.4, -0.2) is 28.8 Å². The number of amides is 1. The average Bonchev–Trinajstić information content (AvgIpc) is 3.09. The van der Waals surface area contributed by atoms with Gasteiger partial charge in [0.05, 0.1) is 5.56 Å². The first-order valence-corrected chi connectivity index (χ1v) is 8.07. The number of fused-ring (bicyclic) bond motifs is 2. The summed E-state index contributed by atoms with van der Waals surface area (Å²) in [7, 11) is 0. The third-order valence-corrected chi connectivity index (χ3v) is 4.72. The van der Waals surface area contributed by atoms with Crippen LogP contribution in [0.4, 0.5) is 4.79 Å². The van der Waals surface area contributed by atoms with Crippen molar-refractivity contribution in [2.45, 2.75) is 63.5 Å². The van der Waals surface area contributed by atoms with E-state index in [0.29, 0.717) is 5.56 Å². The van der Waals surface area contributed by atoms with E-state index in [9.17, 15) is 9.59 Å². The van der Waals surface area contributed by atoms with E-state index in [1.807, 2.05) is 26.8 Å². The Morgan fingerprint density at radius 3 is 2.74 bits per heavy atom. The zero-order chi connectivity index (χ0) is 16.8. The Hall–Kier alpha value is -2.04. The second-order valence-corrected chi connectivity index (χ2v) is 7.59. The van der Waals surface area contributed by atoms with Crippen LogP contribution in [0.1, 0.15) is 61.5 Å². The largest absolute Gasteiger partial charge is 0.478 e. The summed E-state index contributed by atoms with van der Waals surface area (Å²) < 4.78 is 5.33. The lowest BCUT2D eigenvalue weighted by atomic mass is 9.79. The first-order chi connectivity index (χ1) is 10.7. The van der Waals surface area contributed by atoms with Gasteiger partial charge in [-0.2, -0.15) is 0 Å². The molecule has 0 heterocycles. The van der Waals surface area contributed by atoms with Gasteiger partial charge in [-0.1, -0.05) is 6.07 Å². The fourth-order valence-electron chi connectivity index (χ4n) is 3.67. The van der Waals surface area contributed by atoms with E-state index in [1.165, 1.54) is 5.56 Å². The Bertz CT molecular complexity index is 661. The Morgan fingerprint density at radius 2 is 2.09 bits per heavy atom. The predicted octanol–water partition coefficient (Wildman–Crippen LogP) is 3.26. The number of carbonyl (C=O) groups is 2. The third-order valence-electron chi connectivity index (χ3n) is 4.72. The number of alkyl carbamates (subject to hydrolysis) is 1.